The Morgan fingerprint density at radius 3 is 2.94 bits per heavy atom. The summed E-state index contributed by atoms with van der Waals surface area (Å²) in [6.07, 6.45) is -1.22. The van der Waals surface area contributed by atoms with E-state index >= 15 is 0 Å². The molecule has 1 unspecified atom stereocenters. The Labute approximate surface area is 102 Å². The summed E-state index contributed by atoms with van der Waals surface area (Å²) < 4.78 is 5.86. The molecule has 16 heavy (non-hydrogen) atoms. The first kappa shape index (κ1) is 13.0. The number of anilines is 1. The Morgan fingerprint density at radius 2 is 2.38 bits per heavy atom. The Balaban J connectivity index is 2.87. The maximum absolute atomic E-state index is 11.4. The van der Waals surface area contributed by atoms with Crippen molar-refractivity contribution in [3.05, 3.63) is 22.7 Å². The lowest BCUT2D eigenvalue weighted by Crippen LogP contribution is -2.34. The van der Waals surface area contributed by atoms with Gasteiger partial charge in [-0.3, -0.25) is 4.79 Å². The number of aliphatic hydroxyl groups excluding tert-OH is 1. The first-order chi connectivity index (χ1) is 7.58. The van der Waals surface area contributed by atoms with Gasteiger partial charge in [-0.2, -0.15) is 0 Å². The van der Waals surface area contributed by atoms with E-state index in [1.54, 1.807) is 18.2 Å². The van der Waals surface area contributed by atoms with E-state index < -0.39 is 12.0 Å². The largest absolute Gasteiger partial charge is 0.495 e. The van der Waals surface area contributed by atoms with Crippen molar-refractivity contribution in [2.45, 2.75) is 6.10 Å². The van der Waals surface area contributed by atoms with E-state index in [1.807, 2.05) is 0 Å². The molecule has 88 valence electrons. The fourth-order valence-corrected chi connectivity index (χ4v) is 1.46. The number of aliphatic hydroxyl groups is 1. The van der Waals surface area contributed by atoms with Gasteiger partial charge < -0.3 is 20.9 Å². The molecule has 0 fully saturated rings. The SMILES string of the molecule is COc1ccc(Br)cc1NC(=O)C(O)CN. The molecule has 1 rings (SSSR count). The average molecular weight is 289 g/mol. The molecule has 1 aromatic rings. The van der Waals surface area contributed by atoms with Gasteiger partial charge in [0, 0.05) is 11.0 Å². The number of rotatable bonds is 4. The van der Waals surface area contributed by atoms with Gasteiger partial charge in [0.2, 0.25) is 0 Å². The van der Waals surface area contributed by atoms with E-state index in [4.69, 9.17) is 10.5 Å². The van der Waals surface area contributed by atoms with E-state index in [0.29, 0.717) is 11.4 Å². The number of carbonyl (C=O) groups excluding carboxylic acids is 1. The first-order valence-corrected chi connectivity index (χ1v) is 5.40. The van der Waals surface area contributed by atoms with Crippen molar-refractivity contribution in [3.8, 4) is 5.75 Å². The highest BCUT2D eigenvalue weighted by atomic mass is 79.9. The van der Waals surface area contributed by atoms with Crippen molar-refractivity contribution < 1.29 is 14.6 Å². The number of nitrogens with two attached hydrogens (primary N) is 1. The number of hydrogen-bond acceptors (Lipinski definition) is 4. The maximum atomic E-state index is 11.4. The van der Waals surface area contributed by atoms with Crippen LogP contribution in [0, 0.1) is 0 Å². The number of ether oxygens (including phenoxy) is 1. The molecular weight excluding hydrogens is 276 g/mol. The van der Waals surface area contributed by atoms with Crippen LogP contribution < -0.4 is 15.8 Å². The molecule has 0 heterocycles. The smallest absolute Gasteiger partial charge is 0.254 e. The lowest BCUT2D eigenvalue weighted by molar-refractivity contribution is -0.123. The fourth-order valence-electron chi connectivity index (χ4n) is 1.10. The molecule has 5 nitrogen and oxygen atoms in total. The third-order valence-electron chi connectivity index (χ3n) is 1.95. The third-order valence-corrected chi connectivity index (χ3v) is 2.44. The second kappa shape index (κ2) is 5.83. The minimum absolute atomic E-state index is 0.123. The van der Waals surface area contributed by atoms with Crippen LogP contribution in [-0.4, -0.2) is 30.8 Å². The number of methoxy groups -OCH3 is 1. The summed E-state index contributed by atoms with van der Waals surface area (Å²) in [5.41, 5.74) is 5.66. The quantitative estimate of drug-likeness (QED) is 0.762. The van der Waals surface area contributed by atoms with Gasteiger partial charge in [0.25, 0.3) is 5.91 Å². The second-order valence-corrected chi connectivity index (χ2v) is 4.00. The Kier molecular flexibility index (Phi) is 4.72. The molecule has 0 saturated heterocycles. The van der Waals surface area contributed by atoms with Gasteiger partial charge in [0.05, 0.1) is 12.8 Å². The van der Waals surface area contributed by atoms with Gasteiger partial charge >= 0.3 is 0 Å². The molecule has 1 atom stereocenters. The van der Waals surface area contributed by atoms with Gasteiger partial charge in [-0.25, -0.2) is 0 Å². The van der Waals surface area contributed by atoms with Crippen LogP contribution in [0.5, 0.6) is 5.75 Å². The summed E-state index contributed by atoms with van der Waals surface area (Å²) in [6, 6.07) is 5.17. The van der Waals surface area contributed by atoms with Crippen molar-refractivity contribution in [1.29, 1.82) is 0 Å². The number of hydrogen-bond donors (Lipinski definition) is 3. The van der Waals surface area contributed by atoms with Crippen molar-refractivity contribution in [1.82, 2.24) is 0 Å². The van der Waals surface area contributed by atoms with Crippen LogP contribution in [0.3, 0.4) is 0 Å². The molecule has 0 radical (unpaired) electrons. The van der Waals surface area contributed by atoms with Gasteiger partial charge in [-0.15, -0.1) is 0 Å². The highest BCUT2D eigenvalue weighted by Gasteiger charge is 2.15. The van der Waals surface area contributed by atoms with Crippen LogP contribution in [0.4, 0.5) is 5.69 Å². The molecular formula is C10H13BrN2O3. The van der Waals surface area contributed by atoms with Crippen LogP contribution >= 0.6 is 15.9 Å². The molecule has 0 aliphatic heterocycles. The number of nitrogens with one attached hydrogen (secondary N) is 1. The predicted molar refractivity (Wildman–Crippen MR) is 64.4 cm³/mol. The molecule has 0 aromatic heterocycles. The number of carbonyl (C=O) groups is 1. The Hall–Kier alpha value is -1.11. The Bertz CT molecular complexity index is 384. The third kappa shape index (κ3) is 3.19. The summed E-state index contributed by atoms with van der Waals surface area (Å²) in [5.74, 6) is -0.0420. The summed E-state index contributed by atoms with van der Waals surface area (Å²) in [5, 5.41) is 11.8. The molecule has 1 aromatic carbocycles. The highest BCUT2D eigenvalue weighted by Crippen LogP contribution is 2.27. The number of amides is 1. The predicted octanol–water partition coefficient (Wildman–Crippen LogP) is 0.716. The molecule has 0 spiro atoms. The van der Waals surface area contributed by atoms with Crippen LogP contribution in [0.15, 0.2) is 22.7 Å². The van der Waals surface area contributed by atoms with Gasteiger partial charge in [0.15, 0.2) is 0 Å². The van der Waals surface area contributed by atoms with E-state index in [-0.39, 0.29) is 6.54 Å². The van der Waals surface area contributed by atoms with Crippen molar-refractivity contribution in [2.75, 3.05) is 19.0 Å². The summed E-state index contributed by atoms with van der Waals surface area (Å²) in [4.78, 5) is 11.4. The van der Waals surface area contributed by atoms with E-state index in [2.05, 4.69) is 21.2 Å². The van der Waals surface area contributed by atoms with Gasteiger partial charge in [0.1, 0.15) is 11.9 Å². The zero-order chi connectivity index (χ0) is 12.1. The first-order valence-electron chi connectivity index (χ1n) is 4.61. The molecule has 4 N–H and O–H groups in total. The molecule has 1 amide bonds. The molecule has 6 heteroatoms. The van der Waals surface area contributed by atoms with Gasteiger partial charge in [-0.05, 0) is 18.2 Å². The minimum Gasteiger partial charge on any atom is -0.495 e. The van der Waals surface area contributed by atoms with E-state index in [9.17, 15) is 9.90 Å². The molecule has 0 saturated carbocycles. The normalized spacial score (nSPS) is 12.0. The standard InChI is InChI=1S/C10H13BrN2O3/c1-16-9-3-2-6(11)4-7(9)13-10(15)8(14)5-12/h2-4,8,14H,5,12H2,1H3,(H,13,15). The lowest BCUT2D eigenvalue weighted by Gasteiger charge is -2.12. The zero-order valence-corrected chi connectivity index (χ0v) is 10.3. The highest BCUT2D eigenvalue weighted by molar-refractivity contribution is 9.10. The fraction of sp³-hybridized carbons (Fsp3) is 0.300. The topological polar surface area (TPSA) is 84.6 Å². The monoisotopic (exact) mass is 288 g/mol. The van der Waals surface area contributed by atoms with Crippen LogP contribution in [0.1, 0.15) is 0 Å². The summed E-state index contributed by atoms with van der Waals surface area (Å²) in [6.45, 7) is -0.123. The molecule has 0 aliphatic rings. The van der Waals surface area contributed by atoms with E-state index in [0.717, 1.165) is 4.47 Å². The van der Waals surface area contributed by atoms with Crippen molar-refractivity contribution in [3.63, 3.8) is 0 Å². The van der Waals surface area contributed by atoms with Crippen molar-refractivity contribution >= 4 is 27.5 Å². The van der Waals surface area contributed by atoms with Crippen LogP contribution in [-0.2, 0) is 4.79 Å². The number of benzene rings is 1. The lowest BCUT2D eigenvalue weighted by atomic mass is 10.2. The molecule has 0 aliphatic carbocycles. The minimum atomic E-state index is -1.22. The molecule has 0 bridgehead atoms. The maximum Gasteiger partial charge on any atom is 0.254 e. The summed E-state index contributed by atoms with van der Waals surface area (Å²) in [7, 11) is 1.50. The zero-order valence-electron chi connectivity index (χ0n) is 8.74. The summed E-state index contributed by atoms with van der Waals surface area (Å²) >= 11 is 3.28. The van der Waals surface area contributed by atoms with Crippen molar-refractivity contribution in [2.24, 2.45) is 5.73 Å². The average Bonchev–Trinajstić information content (AvgIpc) is 2.28. The second-order valence-electron chi connectivity index (χ2n) is 3.09. The van der Waals surface area contributed by atoms with Gasteiger partial charge in [-0.1, -0.05) is 15.9 Å². The van der Waals surface area contributed by atoms with E-state index in [1.165, 1.54) is 7.11 Å². The van der Waals surface area contributed by atoms with Crippen LogP contribution in [0.25, 0.3) is 0 Å². The van der Waals surface area contributed by atoms with Crippen LogP contribution in [0.2, 0.25) is 0 Å². The number of halogens is 1. The Morgan fingerprint density at radius 1 is 1.69 bits per heavy atom.